The van der Waals surface area contributed by atoms with Crippen LogP contribution in [0.3, 0.4) is 0 Å². The number of hydrogen-bond acceptors (Lipinski definition) is 3. The van der Waals surface area contributed by atoms with E-state index in [1.165, 1.54) is 0 Å². The summed E-state index contributed by atoms with van der Waals surface area (Å²) >= 11 is 0. The molecule has 6 nitrogen and oxygen atoms in total. The zero-order chi connectivity index (χ0) is 15.3. The summed E-state index contributed by atoms with van der Waals surface area (Å²) in [6.07, 6.45) is 0.880. The highest BCUT2D eigenvalue weighted by Gasteiger charge is 2.40. The van der Waals surface area contributed by atoms with Crippen LogP contribution in [0.1, 0.15) is 34.1 Å². The molecule has 2 unspecified atom stereocenters. The maximum atomic E-state index is 12.7. The Labute approximate surface area is 120 Å². The van der Waals surface area contributed by atoms with Gasteiger partial charge in [-0.25, -0.2) is 4.79 Å². The molecule has 1 saturated heterocycles. The molecule has 0 radical (unpaired) electrons. The van der Waals surface area contributed by atoms with E-state index in [0.717, 1.165) is 6.42 Å². The number of carbonyl (C=O) groups excluding carboxylic acids is 1. The van der Waals surface area contributed by atoms with Crippen molar-refractivity contribution in [2.24, 2.45) is 5.92 Å². The Balaban J connectivity index is 2.88. The minimum atomic E-state index is -0.898. The number of rotatable bonds is 6. The topological polar surface area (TPSA) is 70.1 Å². The van der Waals surface area contributed by atoms with Gasteiger partial charge in [0.15, 0.2) is 0 Å². The lowest BCUT2D eigenvalue weighted by Crippen LogP contribution is -2.53. The van der Waals surface area contributed by atoms with Gasteiger partial charge in [-0.2, -0.15) is 0 Å². The number of ether oxygens (including phenoxy) is 1. The monoisotopic (exact) mass is 286 g/mol. The van der Waals surface area contributed by atoms with Gasteiger partial charge in [-0.3, -0.25) is 4.79 Å². The first kappa shape index (κ1) is 16.8. The fourth-order valence-corrected chi connectivity index (χ4v) is 2.58. The molecule has 0 aromatic heterocycles. The summed E-state index contributed by atoms with van der Waals surface area (Å²) in [6.45, 7) is 9.50. The van der Waals surface area contributed by atoms with Crippen LogP contribution in [0.15, 0.2) is 0 Å². The maximum Gasteiger partial charge on any atom is 0.320 e. The Kier molecular flexibility index (Phi) is 6.26. The molecule has 1 rings (SSSR count). The van der Waals surface area contributed by atoms with Crippen LogP contribution in [0.25, 0.3) is 0 Å². The molecule has 1 fully saturated rings. The third kappa shape index (κ3) is 3.62. The summed E-state index contributed by atoms with van der Waals surface area (Å²) in [5.74, 6) is -1.53. The predicted octanol–water partition coefficient (Wildman–Crippen LogP) is 1.65. The fraction of sp³-hybridized carbons (Fsp3) is 0.857. The molecule has 1 heterocycles. The minimum Gasteiger partial charge on any atom is -0.481 e. The summed E-state index contributed by atoms with van der Waals surface area (Å²) in [5.41, 5.74) is 0. The molecule has 0 aromatic carbocycles. The highest BCUT2D eigenvalue weighted by Crippen LogP contribution is 2.22. The molecule has 2 atom stereocenters. The zero-order valence-corrected chi connectivity index (χ0v) is 12.8. The number of likely N-dealkylation sites (N-methyl/N-ethyl adjacent to an activating group) is 1. The molecule has 1 aliphatic heterocycles. The summed E-state index contributed by atoms with van der Waals surface area (Å²) in [6, 6.07) is -0.365. The number of aliphatic carboxylic acids is 1. The molecule has 0 saturated carbocycles. The van der Waals surface area contributed by atoms with Crippen LogP contribution in [0.4, 0.5) is 4.79 Å². The van der Waals surface area contributed by atoms with Crippen LogP contribution >= 0.6 is 0 Å². The van der Waals surface area contributed by atoms with Crippen molar-refractivity contribution in [3.63, 3.8) is 0 Å². The van der Waals surface area contributed by atoms with E-state index in [1.54, 1.807) is 9.80 Å². The molecule has 2 amide bonds. The second-order valence-electron chi connectivity index (χ2n) is 5.41. The highest BCUT2D eigenvalue weighted by atomic mass is 16.5. The van der Waals surface area contributed by atoms with E-state index >= 15 is 0 Å². The first-order chi connectivity index (χ1) is 9.43. The number of carboxylic acid groups (broad SMARTS) is 1. The van der Waals surface area contributed by atoms with Crippen LogP contribution in [0, 0.1) is 5.92 Å². The molecule has 0 bridgehead atoms. The van der Waals surface area contributed by atoms with E-state index in [4.69, 9.17) is 4.74 Å². The van der Waals surface area contributed by atoms with Crippen LogP contribution in [0.2, 0.25) is 0 Å². The lowest BCUT2D eigenvalue weighted by atomic mass is 10.0. The van der Waals surface area contributed by atoms with Gasteiger partial charge >= 0.3 is 12.0 Å². The van der Waals surface area contributed by atoms with Gasteiger partial charge < -0.3 is 19.6 Å². The standard InChI is InChI=1S/C14H26N2O4/c1-5-7-16(10(3)4)14(19)15(6-2)12-9-20-8-11(12)13(17)18/h10-12H,5-9H2,1-4H3,(H,17,18). The molecule has 20 heavy (non-hydrogen) atoms. The van der Waals surface area contributed by atoms with Crippen molar-refractivity contribution in [1.82, 2.24) is 9.80 Å². The molecule has 0 aromatic rings. The summed E-state index contributed by atoms with van der Waals surface area (Å²) in [5, 5.41) is 9.23. The summed E-state index contributed by atoms with van der Waals surface area (Å²) < 4.78 is 5.27. The lowest BCUT2D eigenvalue weighted by Gasteiger charge is -2.36. The zero-order valence-electron chi connectivity index (χ0n) is 12.8. The van der Waals surface area contributed by atoms with Gasteiger partial charge in [0.05, 0.1) is 19.3 Å². The number of hydrogen-bond donors (Lipinski definition) is 1. The third-order valence-corrected chi connectivity index (χ3v) is 3.69. The molecule has 6 heteroatoms. The van der Waals surface area contributed by atoms with E-state index < -0.39 is 11.9 Å². The van der Waals surface area contributed by atoms with E-state index in [0.29, 0.717) is 19.7 Å². The Morgan fingerprint density at radius 1 is 1.30 bits per heavy atom. The normalized spacial score (nSPS) is 22.1. The van der Waals surface area contributed by atoms with Gasteiger partial charge in [-0.05, 0) is 27.2 Å². The quantitative estimate of drug-likeness (QED) is 0.806. The average molecular weight is 286 g/mol. The molecular weight excluding hydrogens is 260 g/mol. The second-order valence-corrected chi connectivity index (χ2v) is 5.41. The Morgan fingerprint density at radius 3 is 2.40 bits per heavy atom. The fourth-order valence-electron chi connectivity index (χ4n) is 2.58. The number of amides is 2. The Hall–Kier alpha value is -1.30. The average Bonchev–Trinajstić information content (AvgIpc) is 2.85. The first-order valence-electron chi connectivity index (χ1n) is 7.31. The van der Waals surface area contributed by atoms with Crippen molar-refractivity contribution in [2.45, 2.75) is 46.2 Å². The molecule has 116 valence electrons. The minimum absolute atomic E-state index is 0.0916. The highest BCUT2D eigenvalue weighted by molar-refractivity contribution is 5.77. The van der Waals surface area contributed by atoms with Gasteiger partial charge in [0, 0.05) is 19.1 Å². The largest absolute Gasteiger partial charge is 0.481 e. The Morgan fingerprint density at radius 2 is 1.95 bits per heavy atom. The van der Waals surface area contributed by atoms with E-state index in [-0.39, 0.29) is 24.7 Å². The molecule has 0 aliphatic carbocycles. The Bertz CT molecular complexity index is 346. The predicted molar refractivity (Wildman–Crippen MR) is 75.6 cm³/mol. The summed E-state index contributed by atoms with van der Waals surface area (Å²) in [7, 11) is 0. The van der Waals surface area contributed by atoms with E-state index in [9.17, 15) is 14.7 Å². The van der Waals surface area contributed by atoms with Gasteiger partial charge in [0.2, 0.25) is 0 Å². The van der Waals surface area contributed by atoms with Crippen LogP contribution in [-0.4, -0.2) is 65.3 Å². The maximum absolute atomic E-state index is 12.7. The van der Waals surface area contributed by atoms with Crippen LogP contribution < -0.4 is 0 Å². The van der Waals surface area contributed by atoms with Crippen molar-refractivity contribution in [3.8, 4) is 0 Å². The van der Waals surface area contributed by atoms with Crippen LogP contribution in [0.5, 0.6) is 0 Å². The van der Waals surface area contributed by atoms with Crippen molar-refractivity contribution in [2.75, 3.05) is 26.3 Å². The number of carbonyl (C=O) groups is 2. The molecule has 1 N–H and O–H groups in total. The SMILES string of the molecule is CCCN(C(=O)N(CC)C1COCC1C(=O)O)C(C)C. The van der Waals surface area contributed by atoms with Crippen molar-refractivity contribution in [3.05, 3.63) is 0 Å². The second kappa shape index (κ2) is 7.47. The van der Waals surface area contributed by atoms with Crippen molar-refractivity contribution < 1.29 is 19.4 Å². The first-order valence-corrected chi connectivity index (χ1v) is 7.31. The number of nitrogens with zero attached hydrogens (tertiary/aromatic N) is 2. The molecule has 0 spiro atoms. The lowest BCUT2D eigenvalue weighted by molar-refractivity contribution is -0.142. The number of urea groups is 1. The molecular formula is C14H26N2O4. The number of carboxylic acids is 1. The van der Waals surface area contributed by atoms with Crippen molar-refractivity contribution in [1.29, 1.82) is 0 Å². The summed E-state index contributed by atoms with van der Waals surface area (Å²) in [4.78, 5) is 27.3. The smallest absolute Gasteiger partial charge is 0.320 e. The molecule has 1 aliphatic rings. The van der Waals surface area contributed by atoms with Gasteiger partial charge in [0.1, 0.15) is 5.92 Å². The van der Waals surface area contributed by atoms with Gasteiger partial charge in [0.25, 0.3) is 0 Å². The van der Waals surface area contributed by atoms with Crippen molar-refractivity contribution >= 4 is 12.0 Å². The third-order valence-electron chi connectivity index (χ3n) is 3.69. The van der Waals surface area contributed by atoms with E-state index in [1.807, 2.05) is 27.7 Å². The van der Waals surface area contributed by atoms with Crippen LogP contribution in [-0.2, 0) is 9.53 Å². The van der Waals surface area contributed by atoms with Gasteiger partial charge in [-0.15, -0.1) is 0 Å². The van der Waals surface area contributed by atoms with E-state index in [2.05, 4.69) is 0 Å². The van der Waals surface area contributed by atoms with Gasteiger partial charge in [-0.1, -0.05) is 6.92 Å².